The van der Waals surface area contributed by atoms with E-state index in [9.17, 15) is 19.1 Å². The van der Waals surface area contributed by atoms with Gasteiger partial charge in [-0.25, -0.2) is 4.39 Å². The van der Waals surface area contributed by atoms with Crippen LogP contribution in [-0.4, -0.2) is 28.4 Å². The molecule has 1 amide bonds. The van der Waals surface area contributed by atoms with Gasteiger partial charge in [0.2, 0.25) is 0 Å². The van der Waals surface area contributed by atoms with Crippen molar-refractivity contribution in [1.29, 1.82) is 0 Å². The normalized spacial score (nSPS) is 19.4. The van der Waals surface area contributed by atoms with Crippen molar-refractivity contribution in [2.24, 2.45) is 0 Å². The molecule has 0 saturated carbocycles. The highest BCUT2D eigenvalue weighted by Crippen LogP contribution is 2.42. The summed E-state index contributed by atoms with van der Waals surface area (Å²) in [5.74, 6) is -1.64. The Morgan fingerprint density at radius 2 is 1.90 bits per heavy atom. The topological polar surface area (TPSA) is 79.7 Å². The molecule has 3 heterocycles. The Morgan fingerprint density at radius 3 is 2.65 bits per heavy atom. The molecule has 6 nitrogen and oxygen atoms in total. The third kappa shape index (κ3) is 3.15. The molecular weight excluding hydrogens is 399 g/mol. The van der Waals surface area contributed by atoms with Gasteiger partial charge in [-0.2, -0.15) is 0 Å². The zero-order valence-electron chi connectivity index (χ0n) is 16.3. The molecule has 1 fully saturated rings. The number of ketones is 1. The summed E-state index contributed by atoms with van der Waals surface area (Å²) in [5.41, 5.74) is 2.03. The summed E-state index contributed by atoms with van der Waals surface area (Å²) >= 11 is 0. The lowest BCUT2D eigenvalue weighted by Gasteiger charge is -2.24. The number of aromatic nitrogens is 1. The number of Topliss-reactive ketones (excluding diaryl/α,β-unsaturated/α-hetero) is 1. The molecule has 2 aliphatic heterocycles. The number of rotatable bonds is 3. The van der Waals surface area contributed by atoms with Gasteiger partial charge in [-0.05, 0) is 60.2 Å². The van der Waals surface area contributed by atoms with E-state index in [-0.39, 0.29) is 11.3 Å². The molecule has 7 heteroatoms. The van der Waals surface area contributed by atoms with E-state index in [2.05, 4.69) is 4.98 Å². The van der Waals surface area contributed by atoms with E-state index in [1.54, 1.807) is 42.6 Å². The van der Waals surface area contributed by atoms with E-state index in [0.717, 1.165) is 11.3 Å². The molecule has 3 aromatic rings. The first-order valence-corrected chi connectivity index (χ1v) is 9.78. The summed E-state index contributed by atoms with van der Waals surface area (Å²) in [4.78, 5) is 31.6. The van der Waals surface area contributed by atoms with Crippen LogP contribution in [0.25, 0.3) is 5.76 Å². The molecule has 0 aliphatic carbocycles. The number of pyridine rings is 1. The molecular formula is C24H17FN2O4. The fourth-order valence-electron chi connectivity index (χ4n) is 4.01. The van der Waals surface area contributed by atoms with E-state index in [1.165, 1.54) is 29.2 Å². The van der Waals surface area contributed by atoms with Crippen molar-refractivity contribution in [2.45, 2.75) is 12.5 Å². The van der Waals surface area contributed by atoms with Crippen molar-refractivity contribution in [2.75, 3.05) is 11.5 Å². The summed E-state index contributed by atoms with van der Waals surface area (Å²) in [6.07, 6.45) is 2.25. The molecule has 154 valence electrons. The minimum Gasteiger partial charge on any atom is -0.507 e. The third-order valence-electron chi connectivity index (χ3n) is 5.48. The number of amides is 1. The van der Waals surface area contributed by atoms with Crippen LogP contribution in [0.15, 0.2) is 72.4 Å². The first-order valence-electron chi connectivity index (χ1n) is 9.78. The number of nitrogens with zero attached hydrogens (tertiary/aromatic N) is 2. The lowest BCUT2D eigenvalue weighted by molar-refractivity contribution is -0.132. The van der Waals surface area contributed by atoms with Crippen LogP contribution < -0.4 is 9.64 Å². The number of aliphatic hydroxyl groups is 1. The standard InChI is InChI=1S/C24H17FN2O4/c25-16-5-7-17(8-6-16)27-21(18-3-1-2-11-26-18)20(23(29)24(27)30)22(28)15-4-9-19-14(13-15)10-12-31-19/h1-9,11,13,21,28H,10,12H2/b22-20-. The Kier molecular flexibility index (Phi) is 4.51. The Bertz CT molecular complexity index is 1220. The molecule has 0 bridgehead atoms. The van der Waals surface area contributed by atoms with Gasteiger partial charge in [-0.15, -0.1) is 0 Å². The van der Waals surface area contributed by atoms with Crippen LogP contribution in [0.2, 0.25) is 0 Å². The predicted octanol–water partition coefficient (Wildman–Crippen LogP) is 3.78. The van der Waals surface area contributed by atoms with Crippen molar-refractivity contribution in [1.82, 2.24) is 4.98 Å². The van der Waals surface area contributed by atoms with Crippen LogP contribution in [-0.2, 0) is 16.0 Å². The number of fused-ring (bicyclic) bond motifs is 1. The summed E-state index contributed by atoms with van der Waals surface area (Å²) in [6, 6.07) is 14.6. The first-order chi connectivity index (χ1) is 15.0. The number of benzene rings is 2. The lowest BCUT2D eigenvalue weighted by atomic mass is 9.97. The molecule has 2 aliphatic rings. The Balaban J connectivity index is 1.69. The number of anilines is 1. The Hall–Kier alpha value is -4.00. The number of ether oxygens (including phenoxy) is 1. The van der Waals surface area contributed by atoms with Crippen molar-refractivity contribution in [3.05, 3.63) is 95.1 Å². The molecule has 0 spiro atoms. The second kappa shape index (κ2) is 7.36. The van der Waals surface area contributed by atoms with Crippen LogP contribution in [0.3, 0.4) is 0 Å². The second-order valence-electron chi connectivity index (χ2n) is 7.32. The maximum absolute atomic E-state index is 13.5. The summed E-state index contributed by atoms with van der Waals surface area (Å²) in [5, 5.41) is 11.1. The lowest BCUT2D eigenvalue weighted by Crippen LogP contribution is -2.29. The molecule has 0 radical (unpaired) electrons. The average molecular weight is 416 g/mol. The van der Waals surface area contributed by atoms with Crippen molar-refractivity contribution in [3.8, 4) is 5.75 Å². The van der Waals surface area contributed by atoms with Crippen LogP contribution in [0, 0.1) is 5.82 Å². The highest BCUT2D eigenvalue weighted by molar-refractivity contribution is 6.51. The monoisotopic (exact) mass is 416 g/mol. The molecule has 1 aromatic heterocycles. The van der Waals surface area contributed by atoms with Gasteiger partial charge >= 0.3 is 0 Å². The molecule has 5 rings (SSSR count). The molecule has 1 N–H and O–H groups in total. The van der Waals surface area contributed by atoms with Crippen molar-refractivity contribution < 1.29 is 23.8 Å². The van der Waals surface area contributed by atoms with E-state index in [0.29, 0.717) is 30.0 Å². The molecule has 1 unspecified atom stereocenters. The quantitative estimate of drug-likeness (QED) is 0.399. The summed E-state index contributed by atoms with van der Waals surface area (Å²) < 4.78 is 19.0. The highest BCUT2D eigenvalue weighted by atomic mass is 19.1. The average Bonchev–Trinajstić information content (AvgIpc) is 3.37. The number of aliphatic hydroxyl groups excluding tert-OH is 1. The van der Waals surface area contributed by atoms with Crippen LogP contribution in [0.1, 0.15) is 22.9 Å². The molecule has 31 heavy (non-hydrogen) atoms. The molecule has 1 saturated heterocycles. The number of halogens is 1. The van der Waals surface area contributed by atoms with Gasteiger partial charge in [0.1, 0.15) is 23.4 Å². The maximum Gasteiger partial charge on any atom is 0.300 e. The van der Waals surface area contributed by atoms with Gasteiger partial charge < -0.3 is 9.84 Å². The predicted molar refractivity (Wildman–Crippen MR) is 111 cm³/mol. The summed E-state index contributed by atoms with van der Waals surface area (Å²) in [7, 11) is 0. The van der Waals surface area contributed by atoms with Crippen molar-refractivity contribution in [3.63, 3.8) is 0 Å². The van der Waals surface area contributed by atoms with Gasteiger partial charge in [0.25, 0.3) is 11.7 Å². The van der Waals surface area contributed by atoms with Crippen LogP contribution >= 0.6 is 0 Å². The van der Waals surface area contributed by atoms with E-state index >= 15 is 0 Å². The number of hydrogen-bond donors (Lipinski definition) is 1. The van der Waals surface area contributed by atoms with E-state index in [1.807, 2.05) is 0 Å². The Morgan fingerprint density at radius 1 is 1.10 bits per heavy atom. The minimum absolute atomic E-state index is 0.0631. The van der Waals surface area contributed by atoms with Crippen molar-refractivity contribution >= 4 is 23.1 Å². The van der Waals surface area contributed by atoms with E-state index in [4.69, 9.17) is 4.74 Å². The van der Waals surface area contributed by atoms with Gasteiger partial charge in [0.15, 0.2) is 0 Å². The fraction of sp³-hybridized carbons (Fsp3) is 0.125. The molecule has 2 aromatic carbocycles. The fourth-order valence-corrected chi connectivity index (χ4v) is 4.01. The van der Waals surface area contributed by atoms with E-state index < -0.39 is 23.5 Å². The number of carbonyl (C=O) groups excluding carboxylic acids is 2. The minimum atomic E-state index is -0.948. The van der Waals surface area contributed by atoms with Crippen LogP contribution in [0.5, 0.6) is 5.75 Å². The number of hydrogen-bond acceptors (Lipinski definition) is 5. The maximum atomic E-state index is 13.5. The zero-order chi connectivity index (χ0) is 21.5. The van der Waals surface area contributed by atoms with Gasteiger partial charge in [0.05, 0.1) is 17.9 Å². The van der Waals surface area contributed by atoms with Gasteiger partial charge in [0, 0.05) is 23.9 Å². The summed E-state index contributed by atoms with van der Waals surface area (Å²) in [6.45, 7) is 0.558. The van der Waals surface area contributed by atoms with Gasteiger partial charge in [-0.1, -0.05) is 6.07 Å². The molecule has 1 atom stereocenters. The largest absolute Gasteiger partial charge is 0.507 e. The third-order valence-corrected chi connectivity index (χ3v) is 5.48. The number of carbonyl (C=O) groups is 2. The zero-order valence-corrected chi connectivity index (χ0v) is 16.3. The second-order valence-corrected chi connectivity index (χ2v) is 7.32. The smallest absolute Gasteiger partial charge is 0.300 e. The Labute approximate surface area is 177 Å². The SMILES string of the molecule is O=C1C(=O)N(c2ccc(F)cc2)C(c2ccccn2)/C1=C(/O)c1ccc2c(c1)CCO2. The highest BCUT2D eigenvalue weighted by Gasteiger charge is 2.47. The first kappa shape index (κ1) is 19.0. The van der Waals surface area contributed by atoms with Crippen LogP contribution in [0.4, 0.5) is 10.1 Å². The van der Waals surface area contributed by atoms with Gasteiger partial charge in [-0.3, -0.25) is 19.5 Å².